The number of benzene rings is 1. The molecular weight excluding hydrogens is 294 g/mol. The molecule has 22 heavy (non-hydrogen) atoms. The fraction of sp³-hybridized carbons (Fsp3) is 0.529. The lowest BCUT2D eigenvalue weighted by Crippen LogP contribution is -2.32. The second-order valence-corrected chi connectivity index (χ2v) is 7.34. The number of fused-ring (bicyclic) bond motifs is 1. The van der Waals surface area contributed by atoms with E-state index in [1.54, 1.807) is 11.3 Å². The molecule has 0 bridgehead atoms. The Labute approximate surface area is 135 Å². The van der Waals surface area contributed by atoms with Gasteiger partial charge in [-0.1, -0.05) is 24.3 Å². The van der Waals surface area contributed by atoms with Crippen LogP contribution in [0.15, 0.2) is 18.2 Å². The lowest BCUT2D eigenvalue weighted by Gasteiger charge is -2.27. The van der Waals surface area contributed by atoms with Gasteiger partial charge in [-0.3, -0.25) is 4.79 Å². The molecule has 1 aromatic heterocycles. The molecule has 1 fully saturated rings. The molecule has 0 radical (unpaired) electrons. The van der Waals surface area contributed by atoms with Gasteiger partial charge in [0.2, 0.25) is 5.91 Å². The molecule has 2 aromatic rings. The molecule has 2 heterocycles. The third kappa shape index (κ3) is 3.65. The molecule has 2 N–H and O–H groups in total. The summed E-state index contributed by atoms with van der Waals surface area (Å²) in [6, 6.07) is 6.17. The Morgan fingerprint density at radius 2 is 2.23 bits per heavy atom. The molecule has 0 saturated carbocycles. The maximum absolute atomic E-state index is 12.2. The standard InChI is InChI=1S/C17H23N3OS/c1-11-3-4-14-15(9-11)22-17(19-14)20-16(21)10-12(2)13-5-7-18-8-6-13/h3-4,9,12-13,18H,5-8,10H2,1-2H3,(H,19,20,21). The molecule has 1 amide bonds. The quantitative estimate of drug-likeness (QED) is 0.906. The Morgan fingerprint density at radius 3 is 3.00 bits per heavy atom. The molecule has 1 aliphatic rings. The lowest BCUT2D eigenvalue weighted by molar-refractivity contribution is -0.117. The summed E-state index contributed by atoms with van der Waals surface area (Å²) in [5.74, 6) is 1.17. The average Bonchev–Trinajstić information content (AvgIpc) is 2.89. The van der Waals surface area contributed by atoms with Crippen LogP contribution in [-0.2, 0) is 4.79 Å². The van der Waals surface area contributed by atoms with Crippen molar-refractivity contribution in [2.24, 2.45) is 11.8 Å². The van der Waals surface area contributed by atoms with Crippen molar-refractivity contribution >= 4 is 32.6 Å². The normalized spacial score (nSPS) is 17.5. The van der Waals surface area contributed by atoms with Crippen LogP contribution < -0.4 is 10.6 Å². The van der Waals surface area contributed by atoms with Crippen molar-refractivity contribution < 1.29 is 4.79 Å². The highest BCUT2D eigenvalue weighted by atomic mass is 32.1. The molecular formula is C17H23N3OS. The summed E-state index contributed by atoms with van der Waals surface area (Å²) >= 11 is 1.55. The van der Waals surface area contributed by atoms with Crippen LogP contribution in [0.4, 0.5) is 5.13 Å². The third-order valence-corrected chi connectivity index (χ3v) is 5.42. The minimum Gasteiger partial charge on any atom is -0.317 e. The number of nitrogens with zero attached hydrogens (tertiary/aromatic N) is 1. The van der Waals surface area contributed by atoms with E-state index in [4.69, 9.17) is 0 Å². The van der Waals surface area contributed by atoms with Gasteiger partial charge in [-0.05, 0) is 62.4 Å². The second-order valence-electron chi connectivity index (χ2n) is 6.31. The first-order chi connectivity index (χ1) is 10.6. The Bertz CT molecular complexity index is 661. The zero-order chi connectivity index (χ0) is 15.5. The minimum absolute atomic E-state index is 0.0850. The molecule has 1 aromatic carbocycles. The molecule has 0 aliphatic carbocycles. The number of rotatable bonds is 4. The summed E-state index contributed by atoms with van der Waals surface area (Å²) in [7, 11) is 0. The molecule has 1 atom stereocenters. The molecule has 118 valence electrons. The predicted molar refractivity (Wildman–Crippen MR) is 92.4 cm³/mol. The Hall–Kier alpha value is -1.46. The highest BCUT2D eigenvalue weighted by molar-refractivity contribution is 7.22. The highest BCUT2D eigenvalue weighted by Gasteiger charge is 2.22. The minimum atomic E-state index is 0.0850. The largest absolute Gasteiger partial charge is 0.317 e. The fourth-order valence-electron chi connectivity index (χ4n) is 3.13. The van der Waals surface area contributed by atoms with E-state index in [0.717, 1.165) is 23.3 Å². The maximum Gasteiger partial charge on any atom is 0.226 e. The third-order valence-electron chi connectivity index (χ3n) is 4.49. The van der Waals surface area contributed by atoms with Gasteiger partial charge in [-0.25, -0.2) is 4.98 Å². The van der Waals surface area contributed by atoms with E-state index < -0.39 is 0 Å². The molecule has 5 heteroatoms. The van der Waals surface area contributed by atoms with Crippen LogP contribution in [0.2, 0.25) is 0 Å². The SMILES string of the molecule is Cc1ccc2nc(NC(=O)CC(C)C3CCNCC3)sc2c1. The van der Waals surface area contributed by atoms with Gasteiger partial charge in [-0.2, -0.15) is 0 Å². The Morgan fingerprint density at radius 1 is 1.45 bits per heavy atom. The van der Waals surface area contributed by atoms with Crippen LogP contribution in [0.5, 0.6) is 0 Å². The Kier molecular flexibility index (Phi) is 4.74. The Balaban J connectivity index is 1.60. The number of aromatic nitrogens is 1. The van der Waals surface area contributed by atoms with Crippen LogP contribution in [0.3, 0.4) is 0 Å². The second kappa shape index (κ2) is 6.75. The van der Waals surface area contributed by atoms with E-state index in [1.807, 2.05) is 12.1 Å². The van der Waals surface area contributed by atoms with E-state index in [-0.39, 0.29) is 5.91 Å². The van der Waals surface area contributed by atoms with Crippen LogP contribution in [0.1, 0.15) is 31.7 Å². The zero-order valence-corrected chi connectivity index (χ0v) is 14.0. The van der Waals surface area contributed by atoms with Crippen molar-refractivity contribution in [2.75, 3.05) is 18.4 Å². The number of carbonyl (C=O) groups excluding carboxylic acids is 1. The van der Waals surface area contributed by atoms with Gasteiger partial charge in [0.15, 0.2) is 5.13 Å². The van der Waals surface area contributed by atoms with Crippen LogP contribution in [-0.4, -0.2) is 24.0 Å². The number of piperidine rings is 1. The lowest BCUT2D eigenvalue weighted by atomic mass is 9.84. The van der Waals surface area contributed by atoms with Gasteiger partial charge in [0.25, 0.3) is 0 Å². The van der Waals surface area contributed by atoms with Gasteiger partial charge >= 0.3 is 0 Å². The first-order valence-corrected chi connectivity index (χ1v) is 8.81. The van der Waals surface area contributed by atoms with Crippen LogP contribution in [0.25, 0.3) is 10.2 Å². The van der Waals surface area contributed by atoms with E-state index >= 15 is 0 Å². The van der Waals surface area contributed by atoms with Crippen molar-refractivity contribution in [3.05, 3.63) is 23.8 Å². The zero-order valence-electron chi connectivity index (χ0n) is 13.2. The predicted octanol–water partition coefficient (Wildman–Crippen LogP) is 3.57. The number of anilines is 1. The van der Waals surface area contributed by atoms with Crippen molar-refractivity contribution in [1.82, 2.24) is 10.3 Å². The number of carbonyl (C=O) groups is 1. The van der Waals surface area contributed by atoms with Crippen molar-refractivity contribution in [3.63, 3.8) is 0 Å². The van der Waals surface area contributed by atoms with E-state index in [9.17, 15) is 4.79 Å². The number of thiazole rings is 1. The van der Waals surface area contributed by atoms with E-state index in [2.05, 4.69) is 35.5 Å². The number of amides is 1. The first kappa shape index (κ1) is 15.4. The molecule has 4 nitrogen and oxygen atoms in total. The van der Waals surface area contributed by atoms with Gasteiger partial charge in [0.1, 0.15) is 0 Å². The van der Waals surface area contributed by atoms with Gasteiger partial charge in [-0.15, -0.1) is 0 Å². The molecule has 3 rings (SSSR count). The number of nitrogens with one attached hydrogen (secondary N) is 2. The fourth-order valence-corrected chi connectivity index (χ4v) is 4.11. The van der Waals surface area contributed by atoms with E-state index in [0.29, 0.717) is 23.4 Å². The van der Waals surface area contributed by atoms with Gasteiger partial charge in [0, 0.05) is 6.42 Å². The molecule has 1 saturated heterocycles. The van der Waals surface area contributed by atoms with Crippen LogP contribution >= 0.6 is 11.3 Å². The summed E-state index contributed by atoms with van der Waals surface area (Å²) in [4.78, 5) is 16.7. The summed E-state index contributed by atoms with van der Waals surface area (Å²) in [5, 5.41) is 7.06. The number of aryl methyl sites for hydroxylation is 1. The summed E-state index contributed by atoms with van der Waals surface area (Å²) in [5.41, 5.74) is 2.17. The van der Waals surface area contributed by atoms with Gasteiger partial charge in [0.05, 0.1) is 10.2 Å². The molecule has 0 spiro atoms. The summed E-state index contributed by atoms with van der Waals surface area (Å²) in [6.07, 6.45) is 2.93. The van der Waals surface area contributed by atoms with Crippen LogP contribution in [0, 0.1) is 18.8 Å². The first-order valence-electron chi connectivity index (χ1n) is 7.99. The average molecular weight is 317 g/mol. The number of hydrogen-bond acceptors (Lipinski definition) is 4. The molecule has 1 unspecified atom stereocenters. The smallest absolute Gasteiger partial charge is 0.226 e. The van der Waals surface area contributed by atoms with Gasteiger partial charge < -0.3 is 10.6 Å². The topological polar surface area (TPSA) is 54.0 Å². The monoisotopic (exact) mass is 317 g/mol. The van der Waals surface area contributed by atoms with E-state index in [1.165, 1.54) is 18.4 Å². The number of hydrogen-bond donors (Lipinski definition) is 2. The van der Waals surface area contributed by atoms with Crippen molar-refractivity contribution in [3.8, 4) is 0 Å². The highest BCUT2D eigenvalue weighted by Crippen LogP contribution is 2.28. The van der Waals surface area contributed by atoms with Crippen molar-refractivity contribution in [2.45, 2.75) is 33.1 Å². The molecule has 1 aliphatic heterocycles. The maximum atomic E-state index is 12.2. The summed E-state index contributed by atoms with van der Waals surface area (Å²) < 4.78 is 1.13. The van der Waals surface area contributed by atoms with Crippen molar-refractivity contribution in [1.29, 1.82) is 0 Å². The summed E-state index contributed by atoms with van der Waals surface area (Å²) in [6.45, 7) is 6.41.